The zero-order valence-electron chi connectivity index (χ0n) is 16.3. The van der Waals surface area contributed by atoms with Crippen LogP contribution in [0.25, 0.3) is 22.2 Å². The Morgan fingerprint density at radius 1 is 1.11 bits per heavy atom. The van der Waals surface area contributed by atoms with Crippen LogP contribution in [0.15, 0.2) is 36.4 Å². The van der Waals surface area contributed by atoms with Crippen molar-refractivity contribution >= 4 is 16.9 Å². The molecule has 0 fully saturated rings. The molecule has 0 radical (unpaired) electrons. The van der Waals surface area contributed by atoms with E-state index in [0.29, 0.717) is 17.0 Å². The lowest BCUT2D eigenvalue weighted by atomic mass is 9.85. The highest BCUT2D eigenvalue weighted by Gasteiger charge is 2.26. The van der Waals surface area contributed by atoms with Crippen LogP contribution in [0.1, 0.15) is 31.9 Å². The molecule has 0 saturated carbocycles. The van der Waals surface area contributed by atoms with Gasteiger partial charge in [0.05, 0.1) is 26.3 Å². The van der Waals surface area contributed by atoms with E-state index in [1.165, 1.54) is 7.11 Å². The van der Waals surface area contributed by atoms with Crippen molar-refractivity contribution in [1.29, 1.82) is 0 Å². The van der Waals surface area contributed by atoms with Gasteiger partial charge in [0.15, 0.2) is 11.5 Å². The number of ether oxygens (including phenoxy) is 2. The van der Waals surface area contributed by atoms with Gasteiger partial charge in [0.25, 0.3) is 0 Å². The number of hydrogen-bond acceptors (Lipinski definition) is 4. The number of phenols is 1. The standard InChI is InChI=1S/C22H25NO4/c1-22(2,3)16-11-10-14(20(25)21(16)27-5)19-15(12-18(24)26-4)13-8-6-7-9-17(13)23-19/h6-11,23,25H,12H2,1-5H3. The molecule has 0 unspecified atom stereocenters. The molecular weight excluding hydrogens is 342 g/mol. The number of esters is 1. The van der Waals surface area contributed by atoms with Gasteiger partial charge in [-0.05, 0) is 23.1 Å². The molecule has 0 atom stereocenters. The van der Waals surface area contributed by atoms with Gasteiger partial charge in [-0.2, -0.15) is 0 Å². The number of aromatic nitrogens is 1. The second kappa shape index (κ2) is 6.99. The number of benzene rings is 2. The highest BCUT2D eigenvalue weighted by Crippen LogP contribution is 2.45. The van der Waals surface area contributed by atoms with Gasteiger partial charge in [0.1, 0.15) is 0 Å². The van der Waals surface area contributed by atoms with Crippen LogP contribution in [-0.2, 0) is 21.4 Å². The Morgan fingerprint density at radius 3 is 2.44 bits per heavy atom. The summed E-state index contributed by atoms with van der Waals surface area (Å²) in [5.74, 6) is 0.170. The molecule has 0 aliphatic heterocycles. The van der Waals surface area contributed by atoms with Crippen LogP contribution >= 0.6 is 0 Å². The molecule has 0 spiro atoms. The third-order valence-corrected chi connectivity index (χ3v) is 4.78. The average molecular weight is 367 g/mol. The molecule has 0 aliphatic rings. The normalized spacial score (nSPS) is 11.6. The van der Waals surface area contributed by atoms with Crippen LogP contribution in [0.4, 0.5) is 0 Å². The molecule has 3 rings (SSSR count). The Bertz CT molecular complexity index is 995. The number of aromatic hydroxyl groups is 1. The first-order chi connectivity index (χ1) is 12.8. The summed E-state index contributed by atoms with van der Waals surface area (Å²) in [6.07, 6.45) is 0.110. The average Bonchev–Trinajstić information content (AvgIpc) is 2.98. The minimum absolute atomic E-state index is 0.0580. The van der Waals surface area contributed by atoms with Gasteiger partial charge in [-0.25, -0.2) is 0 Å². The number of methoxy groups -OCH3 is 2. The fourth-order valence-corrected chi connectivity index (χ4v) is 3.40. The Balaban J connectivity index is 2.26. The van der Waals surface area contributed by atoms with E-state index in [4.69, 9.17) is 9.47 Å². The third-order valence-electron chi connectivity index (χ3n) is 4.78. The van der Waals surface area contributed by atoms with Gasteiger partial charge in [0.2, 0.25) is 0 Å². The second-order valence-electron chi connectivity index (χ2n) is 7.57. The summed E-state index contributed by atoms with van der Waals surface area (Å²) in [6.45, 7) is 6.20. The van der Waals surface area contributed by atoms with E-state index in [1.807, 2.05) is 36.4 Å². The van der Waals surface area contributed by atoms with Gasteiger partial charge in [-0.3, -0.25) is 4.79 Å². The van der Waals surface area contributed by atoms with Crippen LogP contribution in [0, 0.1) is 0 Å². The quantitative estimate of drug-likeness (QED) is 0.663. The van der Waals surface area contributed by atoms with Gasteiger partial charge in [-0.1, -0.05) is 45.0 Å². The van der Waals surface area contributed by atoms with Crippen LogP contribution in [-0.4, -0.2) is 30.3 Å². The largest absolute Gasteiger partial charge is 0.504 e. The third kappa shape index (κ3) is 3.37. The molecule has 2 N–H and O–H groups in total. The summed E-state index contributed by atoms with van der Waals surface area (Å²) in [5.41, 5.74) is 3.70. The number of para-hydroxylation sites is 1. The van der Waals surface area contributed by atoms with Crippen molar-refractivity contribution in [2.75, 3.05) is 14.2 Å². The SMILES string of the molecule is COC(=O)Cc1c(-c2ccc(C(C)(C)C)c(OC)c2O)[nH]c2ccccc12. The van der Waals surface area contributed by atoms with E-state index in [1.54, 1.807) is 7.11 Å². The zero-order chi connectivity index (χ0) is 19.8. The lowest BCUT2D eigenvalue weighted by molar-refractivity contribution is -0.139. The van der Waals surface area contributed by atoms with Gasteiger partial charge in [-0.15, -0.1) is 0 Å². The maximum Gasteiger partial charge on any atom is 0.310 e. The second-order valence-corrected chi connectivity index (χ2v) is 7.57. The number of fused-ring (bicyclic) bond motifs is 1. The zero-order valence-corrected chi connectivity index (χ0v) is 16.3. The molecule has 27 heavy (non-hydrogen) atoms. The number of phenolic OH excluding ortho intramolecular Hbond substituents is 1. The number of nitrogens with one attached hydrogen (secondary N) is 1. The molecule has 3 aromatic rings. The van der Waals surface area contributed by atoms with Crippen molar-refractivity contribution < 1.29 is 19.4 Å². The van der Waals surface area contributed by atoms with Crippen LogP contribution in [0.5, 0.6) is 11.5 Å². The van der Waals surface area contributed by atoms with Crippen LogP contribution in [0.3, 0.4) is 0 Å². The smallest absolute Gasteiger partial charge is 0.310 e. The number of aromatic amines is 1. The molecule has 0 aliphatic carbocycles. The molecule has 1 aromatic heterocycles. The predicted octanol–water partition coefficient (Wildman–Crippen LogP) is 4.56. The van der Waals surface area contributed by atoms with Crippen molar-refractivity contribution in [3.63, 3.8) is 0 Å². The molecule has 5 nitrogen and oxygen atoms in total. The number of carbonyl (C=O) groups is 1. The first-order valence-electron chi connectivity index (χ1n) is 8.85. The maximum absolute atomic E-state index is 12.0. The Morgan fingerprint density at radius 2 is 1.81 bits per heavy atom. The van der Waals surface area contributed by atoms with Crippen molar-refractivity contribution in [1.82, 2.24) is 4.98 Å². The number of H-pyrrole nitrogens is 1. The van der Waals surface area contributed by atoms with Gasteiger partial charge >= 0.3 is 5.97 Å². The monoisotopic (exact) mass is 367 g/mol. The Labute approximate surface area is 158 Å². The van der Waals surface area contributed by atoms with Gasteiger partial charge < -0.3 is 19.6 Å². The summed E-state index contributed by atoms with van der Waals surface area (Å²) in [5, 5.41) is 11.9. The summed E-state index contributed by atoms with van der Waals surface area (Å²) in [7, 11) is 2.92. The summed E-state index contributed by atoms with van der Waals surface area (Å²) >= 11 is 0. The van der Waals surface area contributed by atoms with Crippen molar-refractivity contribution in [3.8, 4) is 22.8 Å². The lowest BCUT2D eigenvalue weighted by Crippen LogP contribution is -2.13. The van der Waals surface area contributed by atoms with Crippen molar-refractivity contribution in [2.45, 2.75) is 32.6 Å². The van der Waals surface area contributed by atoms with Crippen LogP contribution < -0.4 is 4.74 Å². The van der Waals surface area contributed by atoms with E-state index in [-0.39, 0.29) is 23.6 Å². The molecular formula is C22H25NO4. The molecule has 1 heterocycles. The van der Waals surface area contributed by atoms with E-state index >= 15 is 0 Å². The molecule has 0 saturated heterocycles. The molecule has 142 valence electrons. The minimum Gasteiger partial charge on any atom is -0.504 e. The van der Waals surface area contributed by atoms with E-state index in [9.17, 15) is 9.90 Å². The molecule has 5 heteroatoms. The van der Waals surface area contributed by atoms with Crippen LogP contribution in [0.2, 0.25) is 0 Å². The van der Waals surface area contributed by atoms with Crippen molar-refractivity contribution in [2.24, 2.45) is 0 Å². The number of rotatable bonds is 4. The fraction of sp³-hybridized carbons (Fsp3) is 0.318. The molecule has 2 aromatic carbocycles. The number of carbonyl (C=O) groups excluding carboxylic acids is 1. The molecule has 0 bridgehead atoms. The highest BCUT2D eigenvalue weighted by atomic mass is 16.5. The first kappa shape index (κ1) is 18.8. The Hall–Kier alpha value is -2.95. The van der Waals surface area contributed by atoms with E-state index in [2.05, 4.69) is 25.8 Å². The van der Waals surface area contributed by atoms with E-state index < -0.39 is 0 Å². The summed E-state index contributed by atoms with van der Waals surface area (Å²) in [6, 6.07) is 11.6. The maximum atomic E-state index is 12.0. The lowest BCUT2D eigenvalue weighted by Gasteiger charge is -2.23. The minimum atomic E-state index is -0.334. The van der Waals surface area contributed by atoms with Crippen molar-refractivity contribution in [3.05, 3.63) is 47.5 Å². The molecule has 0 amide bonds. The summed E-state index contributed by atoms with van der Waals surface area (Å²) < 4.78 is 10.4. The summed E-state index contributed by atoms with van der Waals surface area (Å²) in [4.78, 5) is 15.3. The highest BCUT2D eigenvalue weighted by molar-refractivity contribution is 5.95. The Kier molecular flexibility index (Phi) is 4.87. The van der Waals surface area contributed by atoms with Gasteiger partial charge in [0, 0.05) is 22.0 Å². The number of hydrogen-bond donors (Lipinski definition) is 2. The topological polar surface area (TPSA) is 71.6 Å². The fourth-order valence-electron chi connectivity index (χ4n) is 3.40. The van der Waals surface area contributed by atoms with E-state index in [0.717, 1.165) is 22.0 Å². The first-order valence-corrected chi connectivity index (χ1v) is 8.85. The predicted molar refractivity (Wildman–Crippen MR) is 106 cm³/mol.